The number of hydrogen-bond acceptors (Lipinski definition) is 2. The van der Waals surface area contributed by atoms with Crippen molar-refractivity contribution in [3.63, 3.8) is 0 Å². The molecule has 1 saturated heterocycles. The molecular weight excluding hydrogens is 268 g/mol. The van der Waals surface area contributed by atoms with Gasteiger partial charge in [-0.15, -0.1) is 0 Å². The van der Waals surface area contributed by atoms with Crippen LogP contribution in [0.2, 0.25) is 0 Å². The Balaban J connectivity index is 2.01. The quantitative estimate of drug-likeness (QED) is 0.811. The van der Waals surface area contributed by atoms with Crippen LogP contribution in [0.15, 0.2) is 0 Å². The Kier molecular flexibility index (Phi) is 5.05. The molecule has 2 rings (SSSR count). The van der Waals surface area contributed by atoms with Crippen LogP contribution >= 0.6 is 12.2 Å². The normalized spacial score (nSPS) is 23.2. The predicted octanol–water partition coefficient (Wildman–Crippen LogP) is 3.12. The lowest BCUT2D eigenvalue weighted by atomic mass is 9.77. The Labute approximate surface area is 128 Å². The van der Waals surface area contributed by atoms with Crippen LogP contribution in [-0.2, 0) is 4.79 Å². The molecule has 20 heavy (non-hydrogen) atoms. The number of thiocarbonyl (C=S) groups is 1. The molecule has 0 spiro atoms. The molecule has 4 heteroatoms. The molecule has 2 fully saturated rings. The van der Waals surface area contributed by atoms with E-state index in [4.69, 9.17) is 18.0 Å². The fourth-order valence-electron chi connectivity index (χ4n) is 4.04. The molecule has 0 bridgehead atoms. The predicted molar refractivity (Wildman–Crippen MR) is 86.4 cm³/mol. The zero-order chi connectivity index (χ0) is 14.8. The first-order valence-corrected chi connectivity index (χ1v) is 8.44. The summed E-state index contributed by atoms with van der Waals surface area (Å²) in [5.74, 6) is 1.33. The van der Waals surface area contributed by atoms with Crippen LogP contribution in [0.3, 0.4) is 0 Å². The van der Waals surface area contributed by atoms with Gasteiger partial charge in [-0.1, -0.05) is 38.9 Å². The highest BCUT2D eigenvalue weighted by atomic mass is 32.1. The SMILES string of the molecule is CC(C)CC1(C(=O)N2CCC(C(N)=S)CC2)CCCC1. The molecule has 114 valence electrons. The maximum atomic E-state index is 13.0. The number of rotatable bonds is 4. The Bertz CT molecular complexity index is 367. The lowest BCUT2D eigenvalue weighted by Crippen LogP contribution is -2.48. The van der Waals surface area contributed by atoms with Gasteiger partial charge in [-0.2, -0.15) is 0 Å². The second-order valence-corrected chi connectivity index (χ2v) is 7.53. The molecule has 1 amide bonds. The molecule has 0 aromatic heterocycles. The van der Waals surface area contributed by atoms with Gasteiger partial charge in [0.05, 0.1) is 4.99 Å². The summed E-state index contributed by atoms with van der Waals surface area (Å²) in [7, 11) is 0. The van der Waals surface area contributed by atoms with E-state index in [-0.39, 0.29) is 5.41 Å². The fourth-order valence-corrected chi connectivity index (χ4v) is 4.28. The molecule has 2 aliphatic rings. The van der Waals surface area contributed by atoms with Crippen LogP contribution in [0.25, 0.3) is 0 Å². The summed E-state index contributed by atoms with van der Waals surface area (Å²) in [6.07, 6.45) is 7.51. The smallest absolute Gasteiger partial charge is 0.228 e. The van der Waals surface area contributed by atoms with Crippen LogP contribution in [0.5, 0.6) is 0 Å². The highest BCUT2D eigenvalue weighted by molar-refractivity contribution is 7.80. The van der Waals surface area contributed by atoms with Gasteiger partial charge in [-0.25, -0.2) is 0 Å². The van der Waals surface area contributed by atoms with Crippen molar-refractivity contribution in [3.05, 3.63) is 0 Å². The van der Waals surface area contributed by atoms with E-state index in [1.807, 2.05) is 0 Å². The zero-order valence-corrected chi connectivity index (χ0v) is 13.7. The van der Waals surface area contributed by atoms with Crippen molar-refractivity contribution in [2.75, 3.05) is 13.1 Å². The van der Waals surface area contributed by atoms with E-state index in [0.29, 0.717) is 22.7 Å². The summed E-state index contributed by atoms with van der Waals surface area (Å²) >= 11 is 5.08. The van der Waals surface area contributed by atoms with E-state index in [2.05, 4.69) is 18.7 Å². The summed E-state index contributed by atoms with van der Waals surface area (Å²) in [6, 6.07) is 0. The van der Waals surface area contributed by atoms with Crippen molar-refractivity contribution in [1.29, 1.82) is 0 Å². The third kappa shape index (κ3) is 3.33. The minimum atomic E-state index is -0.0653. The number of amides is 1. The zero-order valence-electron chi connectivity index (χ0n) is 12.9. The lowest BCUT2D eigenvalue weighted by molar-refractivity contribution is -0.144. The Morgan fingerprint density at radius 1 is 1.30 bits per heavy atom. The molecule has 1 heterocycles. The van der Waals surface area contributed by atoms with Crippen molar-refractivity contribution in [2.24, 2.45) is 23.0 Å². The maximum Gasteiger partial charge on any atom is 0.228 e. The number of hydrogen-bond donors (Lipinski definition) is 1. The van der Waals surface area contributed by atoms with Crippen LogP contribution in [0.1, 0.15) is 58.8 Å². The highest BCUT2D eigenvalue weighted by Crippen LogP contribution is 2.45. The van der Waals surface area contributed by atoms with E-state index in [1.165, 1.54) is 12.8 Å². The number of nitrogens with two attached hydrogens (primary N) is 1. The summed E-state index contributed by atoms with van der Waals surface area (Å²) in [5, 5.41) is 0. The Morgan fingerprint density at radius 3 is 2.30 bits per heavy atom. The third-order valence-corrected chi connectivity index (χ3v) is 5.33. The average Bonchev–Trinajstić information content (AvgIpc) is 2.87. The molecule has 0 unspecified atom stereocenters. The average molecular weight is 296 g/mol. The number of carbonyl (C=O) groups is 1. The molecule has 1 saturated carbocycles. The molecular formula is C16H28N2OS. The van der Waals surface area contributed by atoms with E-state index >= 15 is 0 Å². The monoisotopic (exact) mass is 296 g/mol. The van der Waals surface area contributed by atoms with Crippen LogP contribution in [-0.4, -0.2) is 28.9 Å². The standard InChI is InChI=1S/C16H28N2OS/c1-12(2)11-16(7-3-4-8-16)15(19)18-9-5-13(6-10-18)14(17)20/h12-13H,3-11H2,1-2H3,(H2,17,20). The summed E-state index contributed by atoms with van der Waals surface area (Å²) in [6.45, 7) is 6.13. The van der Waals surface area contributed by atoms with E-state index < -0.39 is 0 Å². The van der Waals surface area contributed by atoms with Crippen LogP contribution in [0.4, 0.5) is 0 Å². The molecule has 3 nitrogen and oxygen atoms in total. The van der Waals surface area contributed by atoms with Crippen molar-refractivity contribution < 1.29 is 4.79 Å². The van der Waals surface area contributed by atoms with Crippen molar-refractivity contribution in [1.82, 2.24) is 4.90 Å². The number of piperidine rings is 1. The van der Waals surface area contributed by atoms with Crippen molar-refractivity contribution in [3.8, 4) is 0 Å². The Morgan fingerprint density at radius 2 is 1.85 bits per heavy atom. The topological polar surface area (TPSA) is 46.3 Å². The van der Waals surface area contributed by atoms with Crippen LogP contribution < -0.4 is 5.73 Å². The molecule has 0 atom stereocenters. The summed E-state index contributed by atoms with van der Waals surface area (Å²) in [5.41, 5.74) is 5.67. The highest BCUT2D eigenvalue weighted by Gasteiger charge is 2.44. The number of nitrogens with zero attached hydrogens (tertiary/aromatic N) is 1. The number of carbonyl (C=O) groups excluding carboxylic acids is 1. The first-order chi connectivity index (χ1) is 9.44. The van der Waals surface area contributed by atoms with Crippen LogP contribution in [0, 0.1) is 17.3 Å². The van der Waals surface area contributed by atoms with Gasteiger partial charge < -0.3 is 10.6 Å². The van der Waals surface area contributed by atoms with Gasteiger partial charge >= 0.3 is 0 Å². The lowest BCUT2D eigenvalue weighted by Gasteiger charge is -2.39. The minimum absolute atomic E-state index is 0.0653. The molecule has 1 aliphatic carbocycles. The largest absolute Gasteiger partial charge is 0.393 e. The molecule has 2 N–H and O–H groups in total. The first kappa shape index (κ1) is 15.7. The third-order valence-electron chi connectivity index (χ3n) is 5.00. The molecule has 0 aromatic rings. The Hall–Kier alpha value is -0.640. The number of likely N-dealkylation sites (tertiary alicyclic amines) is 1. The minimum Gasteiger partial charge on any atom is -0.393 e. The van der Waals surface area contributed by atoms with Gasteiger partial charge in [-0.3, -0.25) is 4.79 Å². The maximum absolute atomic E-state index is 13.0. The van der Waals surface area contributed by atoms with Crippen molar-refractivity contribution >= 4 is 23.1 Å². The summed E-state index contributed by atoms with van der Waals surface area (Å²) in [4.78, 5) is 15.7. The van der Waals surface area contributed by atoms with Gasteiger partial charge in [0, 0.05) is 24.4 Å². The van der Waals surface area contributed by atoms with Gasteiger partial charge in [-0.05, 0) is 38.0 Å². The van der Waals surface area contributed by atoms with E-state index in [0.717, 1.165) is 45.2 Å². The van der Waals surface area contributed by atoms with Gasteiger partial charge in [0.25, 0.3) is 0 Å². The van der Waals surface area contributed by atoms with Gasteiger partial charge in [0.2, 0.25) is 5.91 Å². The molecule has 1 aliphatic heterocycles. The fraction of sp³-hybridized carbons (Fsp3) is 0.875. The van der Waals surface area contributed by atoms with E-state index in [9.17, 15) is 4.79 Å². The van der Waals surface area contributed by atoms with Crippen molar-refractivity contribution in [2.45, 2.75) is 58.8 Å². The summed E-state index contributed by atoms with van der Waals surface area (Å²) < 4.78 is 0. The van der Waals surface area contributed by atoms with Gasteiger partial charge in [0.15, 0.2) is 0 Å². The first-order valence-electron chi connectivity index (χ1n) is 8.03. The van der Waals surface area contributed by atoms with Gasteiger partial charge in [0.1, 0.15) is 0 Å². The second kappa shape index (κ2) is 6.42. The second-order valence-electron chi connectivity index (χ2n) is 7.05. The van der Waals surface area contributed by atoms with E-state index in [1.54, 1.807) is 0 Å². The molecule has 0 radical (unpaired) electrons. The molecule has 0 aromatic carbocycles.